The lowest BCUT2D eigenvalue weighted by atomic mass is 9.87. The van der Waals surface area contributed by atoms with Crippen LogP contribution in [-0.4, -0.2) is 23.2 Å². The second-order valence-electron chi connectivity index (χ2n) is 3.41. The van der Waals surface area contributed by atoms with Gasteiger partial charge in [0.1, 0.15) is 0 Å². The van der Waals surface area contributed by atoms with E-state index in [0.717, 1.165) is 12.1 Å². The Morgan fingerprint density at radius 2 is 2.43 bits per heavy atom. The van der Waals surface area contributed by atoms with Gasteiger partial charge in [-0.15, -0.1) is 0 Å². The van der Waals surface area contributed by atoms with Gasteiger partial charge in [0.25, 0.3) is 0 Å². The van der Waals surface area contributed by atoms with Crippen molar-refractivity contribution >= 4 is 0 Å². The minimum atomic E-state index is -0.592. The van der Waals surface area contributed by atoms with Gasteiger partial charge in [0.2, 0.25) is 0 Å². The number of nitriles is 1. The van der Waals surface area contributed by atoms with Crippen LogP contribution in [0.3, 0.4) is 0 Å². The average molecular weight is 189 g/mol. The fourth-order valence-corrected chi connectivity index (χ4v) is 1.37. The first-order chi connectivity index (χ1) is 6.80. The molecule has 2 heterocycles. The van der Waals surface area contributed by atoms with E-state index in [0.29, 0.717) is 19.0 Å². The smallest absolute Gasteiger partial charge is 0.163 e. The molecule has 72 valence electrons. The van der Waals surface area contributed by atoms with E-state index in [9.17, 15) is 0 Å². The summed E-state index contributed by atoms with van der Waals surface area (Å²) in [6, 6.07) is 4.10. The van der Waals surface area contributed by atoms with Gasteiger partial charge in [0, 0.05) is 11.9 Å². The Kier molecular flexibility index (Phi) is 2.18. The standard InChI is InChI=1S/C10H11N3O/c1-2-8-3-4-12-9(13-8)10(5-11)6-14-7-10/h3-4H,2,6-7H2,1H3. The van der Waals surface area contributed by atoms with Crippen molar-refractivity contribution < 1.29 is 4.74 Å². The molecule has 0 spiro atoms. The number of rotatable bonds is 2. The Labute approximate surface area is 82.6 Å². The molecule has 1 aromatic heterocycles. The van der Waals surface area contributed by atoms with Gasteiger partial charge in [-0.1, -0.05) is 6.92 Å². The molecule has 0 aliphatic carbocycles. The van der Waals surface area contributed by atoms with Crippen LogP contribution in [0.25, 0.3) is 0 Å². The van der Waals surface area contributed by atoms with Gasteiger partial charge < -0.3 is 4.74 Å². The lowest BCUT2D eigenvalue weighted by Crippen LogP contribution is -2.46. The molecule has 2 rings (SSSR count). The number of aromatic nitrogens is 2. The summed E-state index contributed by atoms with van der Waals surface area (Å²) < 4.78 is 5.05. The summed E-state index contributed by atoms with van der Waals surface area (Å²) >= 11 is 0. The number of hydrogen-bond acceptors (Lipinski definition) is 4. The SMILES string of the molecule is CCc1ccnc(C2(C#N)COC2)n1. The summed E-state index contributed by atoms with van der Waals surface area (Å²) in [5.74, 6) is 0.602. The first-order valence-corrected chi connectivity index (χ1v) is 4.62. The Hall–Kier alpha value is -1.47. The van der Waals surface area contributed by atoms with E-state index < -0.39 is 5.41 Å². The molecular weight excluding hydrogens is 178 g/mol. The topological polar surface area (TPSA) is 58.8 Å². The Morgan fingerprint density at radius 1 is 1.64 bits per heavy atom. The van der Waals surface area contributed by atoms with Crippen molar-refractivity contribution in [3.05, 3.63) is 23.8 Å². The Morgan fingerprint density at radius 3 is 2.93 bits per heavy atom. The lowest BCUT2D eigenvalue weighted by Gasteiger charge is -2.33. The van der Waals surface area contributed by atoms with Crippen LogP contribution in [0, 0.1) is 11.3 Å². The third kappa shape index (κ3) is 1.26. The Balaban J connectivity index is 2.36. The van der Waals surface area contributed by atoms with Crippen LogP contribution >= 0.6 is 0 Å². The molecule has 14 heavy (non-hydrogen) atoms. The van der Waals surface area contributed by atoms with Crippen LogP contribution in [0.2, 0.25) is 0 Å². The number of aryl methyl sites for hydroxylation is 1. The summed E-state index contributed by atoms with van der Waals surface area (Å²) in [6.07, 6.45) is 2.57. The van der Waals surface area contributed by atoms with Crippen molar-refractivity contribution in [3.63, 3.8) is 0 Å². The zero-order valence-corrected chi connectivity index (χ0v) is 8.03. The predicted octanol–water partition coefficient (Wildman–Crippen LogP) is 0.831. The fourth-order valence-electron chi connectivity index (χ4n) is 1.37. The molecule has 0 radical (unpaired) electrons. The van der Waals surface area contributed by atoms with Crippen LogP contribution in [0.1, 0.15) is 18.4 Å². The first kappa shape index (κ1) is 9.10. The van der Waals surface area contributed by atoms with Gasteiger partial charge in [-0.3, -0.25) is 0 Å². The largest absolute Gasteiger partial charge is 0.377 e. The molecule has 1 aliphatic rings. The summed E-state index contributed by atoms with van der Waals surface area (Å²) in [6.45, 7) is 2.86. The number of hydrogen-bond donors (Lipinski definition) is 0. The van der Waals surface area contributed by atoms with E-state index in [1.165, 1.54) is 0 Å². The first-order valence-electron chi connectivity index (χ1n) is 4.62. The van der Waals surface area contributed by atoms with Gasteiger partial charge in [-0.2, -0.15) is 5.26 Å². The average Bonchev–Trinajstić information content (AvgIpc) is 2.18. The van der Waals surface area contributed by atoms with Crippen molar-refractivity contribution in [1.82, 2.24) is 9.97 Å². The van der Waals surface area contributed by atoms with Gasteiger partial charge in [-0.25, -0.2) is 9.97 Å². The zero-order valence-electron chi connectivity index (χ0n) is 8.03. The summed E-state index contributed by atoms with van der Waals surface area (Å²) in [7, 11) is 0. The van der Waals surface area contributed by atoms with Crippen molar-refractivity contribution in [1.29, 1.82) is 5.26 Å². The fraction of sp³-hybridized carbons (Fsp3) is 0.500. The molecule has 1 saturated heterocycles. The normalized spacial score (nSPS) is 18.3. The second kappa shape index (κ2) is 3.35. The number of nitrogens with zero attached hydrogens (tertiary/aromatic N) is 3. The van der Waals surface area contributed by atoms with E-state index in [1.807, 2.05) is 13.0 Å². The zero-order chi connectivity index (χ0) is 10.0. The van der Waals surface area contributed by atoms with Gasteiger partial charge in [0.15, 0.2) is 11.2 Å². The quantitative estimate of drug-likeness (QED) is 0.691. The van der Waals surface area contributed by atoms with E-state index in [-0.39, 0.29) is 0 Å². The van der Waals surface area contributed by atoms with Crippen molar-refractivity contribution in [2.24, 2.45) is 0 Å². The van der Waals surface area contributed by atoms with E-state index in [2.05, 4.69) is 16.0 Å². The molecule has 0 unspecified atom stereocenters. The highest BCUT2D eigenvalue weighted by Gasteiger charge is 2.43. The molecule has 0 N–H and O–H groups in total. The maximum absolute atomic E-state index is 9.04. The molecule has 1 fully saturated rings. The summed E-state index contributed by atoms with van der Waals surface area (Å²) in [5, 5.41) is 9.04. The van der Waals surface area contributed by atoms with Gasteiger partial charge >= 0.3 is 0 Å². The summed E-state index contributed by atoms with van der Waals surface area (Å²) in [4.78, 5) is 8.48. The van der Waals surface area contributed by atoms with Crippen LogP contribution in [0.5, 0.6) is 0 Å². The highest BCUT2D eigenvalue weighted by Crippen LogP contribution is 2.28. The maximum Gasteiger partial charge on any atom is 0.163 e. The highest BCUT2D eigenvalue weighted by molar-refractivity contribution is 5.25. The van der Waals surface area contributed by atoms with Crippen LogP contribution < -0.4 is 0 Å². The van der Waals surface area contributed by atoms with Crippen LogP contribution in [0.15, 0.2) is 12.3 Å². The molecule has 1 aliphatic heterocycles. The molecule has 0 amide bonds. The van der Waals surface area contributed by atoms with Crippen molar-refractivity contribution in [3.8, 4) is 6.07 Å². The van der Waals surface area contributed by atoms with Crippen molar-refractivity contribution in [2.45, 2.75) is 18.8 Å². The monoisotopic (exact) mass is 189 g/mol. The molecule has 0 atom stereocenters. The highest BCUT2D eigenvalue weighted by atomic mass is 16.5. The van der Waals surface area contributed by atoms with Crippen LogP contribution in [-0.2, 0) is 16.6 Å². The molecule has 4 heteroatoms. The molecule has 0 aromatic carbocycles. The van der Waals surface area contributed by atoms with E-state index in [1.54, 1.807) is 6.20 Å². The third-order valence-corrected chi connectivity index (χ3v) is 2.41. The third-order valence-electron chi connectivity index (χ3n) is 2.41. The second-order valence-corrected chi connectivity index (χ2v) is 3.41. The Bertz CT molecular complexity index is 379. The molecule has 0 saturated carbocycles. The summed E-state index contributed by atoms with van der Waals surface area (Å²) in [5.41, 5.74) is 0.377. The maximum atomic E-state index is 9.04. The number of ether oxygens (including phenoxy) is 1. The molecule has 0 bridgehead atoms. The van der Waals surface area contributed by atoms with Crippen molar-refractivity contribution in [2.75, 3.05) is 13.2 Å². The van der Waals surface area contributed by atoms with Gasteiger partial charge in [-0.05, 0) is 12.5 Å². The minimum absolute atomic E-state index is 0.413. The molecule has 1 aromatic rings. The van der Waals surface area contributed by atoms with E-state index in [4.69, 9.17) is 10.00 Å². The van der Waals surface area contributed by atoms with E-state index >= 15 is 0 Å². The van der Waals surface area contributed by atoms with Gasteiger partial charge in [0.05, 0.1) is 19.3 Å². The lowest BCUT2D eigenvalue weighted by molar-refractivity contribution is -0.0340. The minimum Gasteiger partial charge on any atom is -0.377 e. The van der Waals surface area contributed by atoms with Crippen LogP contribution in [0.4, 0.5) is 0 Å². The molecule has 4 nitrogen and oxygen atoms in total. The predicted molar refractivity (Wildman–Crippen MR) is 49.5 cm³/mol. The molecular formula is C10H11N3O.